The molecule has 3 rings (SSSR count). The second-order valence-electron chi connectivity index (χ2n) is 6.19. The van der Waals surface area contributed by atoms with E-state index in [9.17, 15) is 9.59 Å². The van der Waals surface area contributed by atoms with Gasteiger partial charge < -0.3 is 20.3 Å². The summed E-state index contributed by atoms with van der Waals surface area (Å²) in [5.74, 6) is 0.393. The molecule has 0 atom stereocenters. The monoisotopic (exact) mass is 378 g/mol. The van der Waals surface area contributed by atoms with E-state index in [1.165, 1.54) is 11.3 Å². The number of carbonyl (C=O) groups is 2. The Morgan fingerprint density at radius 3 is 2.96 bits per heavy atom. The number of carbonyl (C=O) groups excluding carboxylic acids is 2. The van der Waals surface area contributed by atoms with Gasteiger partial charge in [-0.3, -0.25) is 9.69 Å². The van der Waals surface area contributed by atoms with Gasteiger partial charge in [0.1, 0.15) is 6.10 Å². The lowest BCUT2D eigenvalue weighted by Crippen LogP contribution is -2.53. The number of unbranched alkanes of at least 4 members (excludes halogenated alkanes) is 2. The number of nitrogens with one attached hydrogen (secondary N) is 1. The number of rotatable bonds is 9. The van der Waals surface area contributed by atoms with Crippen LogP contribution < -0.4 is 11.1 Å². The molecule has 1 aliphatic rings. The highest BCUT2D eigenvalue weighted by Gasteiger charge is 2.28. The van der Waals surface area contributed by atoms with Crippen molar-refractivity contribution in [1.82, 2.24) is 15.4 Å². The van der Waals surface area contributed by atoms with Gasteiger partial charge in [-0.15, -0.1) is 11.3 Å². The Labute approximate surface area is 155 Å². The fraction of sp³-hybridized carbons (Fsp3) is 0.471. The first-order valence-electron chi connectivity index (χ1n) is 8.59. The summed E-state index contributed by atoms with van der Waals surface area (Å²) in [6, 6.07) is 5.51. The third kappa shape index (κ3) is 5.06. The first-order chi connectivity index (χ1) is 12.6. The van der Waals surface area contributed by atoms with E-state index in [4.69, 9.17) is 15.0 Å². The predicted octanol–water partition coefficient (Wildman–Crippen LogP) is 2.08. The molecule has 0 aliphatic carbocycles. The predicted molar refractivity (Wildman–Crippen MR) is 96.9 cm³/mol. The van der Waals surface area contributed by atoms with Crippen molar-refractivity contribution in [3.63, 3.8) is 0 Å². The smallest absolute Gasteiger partial charge is 0.404 e. The average Bonchev–Trinajstić information content (AvgIpc) is 3.25. The largest absolute Gasteiger partial charge is 0.444 e. The van der Waals surface area contributed by atoms with Crippen LogP contribution in [0.2, 0.25) is 0 Å². The van der Waals surface area contributed by atoms with Gasteiger partial charge in [0.2, 0.25) is 0 Å². The Morgan fingerprint density at radius 1 is 1.38 bits per heavy atom. The van der Waals surface area contributed by atoms with Crippen LogP contribution in [0.3, 0.4) is 0 Å². The minimum atomic E-state index is -0.708. The number of nitrogens with two attached hydrogens (primary N) is 1. The van der Waals surface area contributed by atoms with Crippen LogP contribution in [0.1, 0.15) is 29.8 Å². The molecule has 2 amide bonds. The lowest BCUT2D eigenvalue weighted by molar-refractivity contribution is -0.0100. The van der Waals surface area contributed by atoms with Crippen molar-refractivity contribution in [2.75, 3.05) is 26.2 Å². The van der Waals surface area contributed by atoms with Gasteiger partial charge in [0.25, 0.3) is 5.91 Å². The lowest BCUT2D eigenvalue weighted by Gasteiger charge is -2.37. The van der Waals surface area contributed by atoms with E-state index in [2.05, 4.69) is 15.4 Å². The molecule has 0 radical (unpaired) electrons. The third-order valence-corrected chi connectivity index (χ3v) is 5.03. The summed E-state index contributed by atoms with van der Waals surface area (Å²) in [7, 11) is 0. The molecule has 0 unspecified atom stereocenters. The van der Waals surface area contributed by atoms with E-state index in [0.29, 0.717) is 18.0 Å². The number of aromatic nitrogens is 1. The van der Waals surface area contributed by atoms with Gasteiger partial charge in [-0.1, -0.05) is 17.6 Å². The van der Waals surface area contributed by atoms with Crippen molar-refractivity contribution >= 4 is 23.3 Å². The molecule has 1 aliphatic heterocycles. The first kappa shape index (κ1) is 18.4. The van der Waals surface area contributed by atoms with Crippen LogP contribution in [-0.2, 0) is 4.74 Å². The van der Waals surface area contributed by atoms with E-state index < -0.39 is 6.09 Å². The molecule has 2 aromatic heterocycles. The normalized spacial score (nSPS) is 14.8. The molecule has 1 fully saturated rings. The molecule has 26 heavy (non-hydrogen) atoms. The first-order valence-corrected chi connectivity index (χ1v) is 9.47. The topological polar surface area (TPSA) is 111 Å². The SMILES string of the molecule is NC(=O)OC1CN(CCCCCNC(=O)c2cc(-c3cccs3)on2)C1. The molecule has 3 N–H and O–H groups in total. The van der Waals surface area contributed by atoms with Gasteiger partial charge in [0, 0.05) is 25.7 Å². The fourth-order valence-electron chi connectivity index (χ4n) is 2.79. The molecular formula is C17H22N4O4S. The minimum Gasteiger partial charge on any atom is -0.444 e. The second kappa shape index (κ2) is 8.81. The molecule has 9 heteroatoms. The summed E-state index contributed by atoms with van der Waals surface area (Å²) < 4.78 is 10.1. The highest BCUT2D eigenvalue weighted by molar-refractivity contribution is 7.13. The number of likely N-dealkylation sites (tertiary alicyclic amines) is 1. The van der Waals surface area contributed by atoms with E-state index in [1.807, 2.05) is 17.5 Å². The molecule has 3 heterocycles. The van der Waals surface area contributed by atoms with Crippen LogP contribution in [0.4, 0.5) is 4.79 Å². The van der Waals surface area contributed by atoms with Gasteiger partial charge in [-0.05, 0) is 30.8 Å². The van der Waals surface area contributed by atoms with Crippen molar-refractivity contribution in [2.45, 2.75) is 25.4 Å². The van der Waals surface area contributed by atoms with Gasteiger partial charge >= 0.3 is 6.09 Å². The van der Waals surface area contributed by atoms with Crippen molar-refractivity contribution in [1.29, 1.82) is 0 Å². The Morgan fingerprint density at radius 2 is 2.23 bits per heavy atom. The molecule has 8 nitrogen and oxygen atoms in total. The quantitative estimate of drug-likeness (QED) is 0.646. The fourth-order valence-corrected chi connectivity index (χ4v) is 3.46. The van der Waals surface area contributed by atoms with Crippen LogP contribution in [0.15, 0.2) is 28.1 Å². The molecule has 0 saturated carbocycles. The molecule has 0 bridgehead atoms. The lowest BCUT2D eigenvalue weighted by atomic mass is 10.1. The molecule has 1 saturated heterocycles. The highest BCUT2D eigenvalue weighted by Crippen LogP contribution is 2.25. The number of primary amides is 1. The zero-order valence-corrected chi connectivity index (χ0v) is 15.2. The van der Waals surface area contributed by atoms with Crippen LogP contribution in [0.25, 0.3) is 10.6 Å². The van der Waals surface area contributed by atoms with Crippen molar-refractivity contribution in [3.05, 3.63) is 29.3 Å². The maximum atomic E-state index is 12.1. The Kier molecular flexibility index (Phi) is 6.24. The number of thiophene rings is 1. The third-order valence-electron chi connectivity index (χ3n) is 4.15. The number of hydrogen-bond acceptors (Lipinski definition) is 7. The average molecular weight is 378 g/mol. The van der Waals surface area contributed by atoms with E-state index >= 15 is 0 Å². The van der Waals surface area contributed by atoms with E-state index in [1.54, 1.807) is 6.07 Å². The van der Waals surface area contributed by atoms with Crippen LogP contribution in [0.5, 0.6) is 0 Å². The summed E-state index contributed by atoms with van der Waals surface area (Å²) >= 11 is 1.54. The number of nitrogens with zero attached hydrogens (tertiary/aromatic N) is 2. The number of amides is 2. The molecular weight excluding hydrogens is 356 g/mol. The summed E-state index contributed by atoms with van der Waals surface area (Å²) in [5, 5.41) is 8.63. The molecule has 0 aromatic carbocycles. The van der Waals surface area contributed by atoms with Crippen molar-refractivity contribution in [2.24, 2.45) is 5.73 Å². The standard InChI is InChI=1S/C17H22N4O4S/c18-17(23)24-12-10-21(11-12)7-3-1-2-6-19-16(22)13-9-14(25-20-13)15-5-4-8-26-15/h4-5,8-9,12H,1-3,6-7,10-11H2,(H2,18,23)(H,19,22). The van der Waals surface area contributed by atoms with Crippen molar-refractivity contribution < 1.29 is 18.8 Å². The summed E-state index contributed by atoms with van der Waals surface area (Å²) in [5.41, 5.74) is 5.27. The summed E-state index contributed by atoms with van der Waals surface area (Å²) in [6.45, 7) is 3.06. The second-order valence-corrected chi connectivity index (χ2v) is 7.14. The van der Waals surface area contributed by atoms with Gasteiger partial charge in [0.15, 0.2) is 11.5 Å². The number of hydrogen-bond donors (Lipinski definition) is 2. The Balaban J connectivity index is 1.25. The number of ether oxygens (including phenoxy) is 1. The zero-order chi connectivity index (χ0) is 18.4. The molecule has 0 spiro atoms. The highest BCUT2D eigenvalue weighted by atomic mass is 32.1. The molecule has 2 aromatic rings. The van der Waals surface area contributed by atoms with E-state index in [-0.39, 0.29) is 12.0 Å². The van der Waals surface area contributed by atoms with E-state index in [0.717, 1.165) is 43.8 Å². The van der Waals surface area contributed by atoms with Crippen LogP contribution >= 0.6 is 11.3 Å². The maximum absolute atomic E-state index is 12.1. The van der Waals surface area contributed by atoms with Crippen LogP contribution in [0, 0.1) is 0 Å². The van der Waals surface area contributed by atoms with Gasteiger partial charge in [-0.25, -0.2) is 4.79 Å². The Bertz CT molecular complexity index is 725. The maximum Gasteiger partial charge on any atom is 0.404 e. The Hall–Kier alpha value is -2.39. The van der Waals surface area contributed by atoms with Crippen LogP contribution in [-0.4, -0.2) is 54.3 Å². The summed E-state index contributed by atoms with van der Waals surface area (Å²) in [4.78, 5) is 25.8. The summed E-state index contributed by atoms with van der Waals surface area (Å²) in [6.07, 6.45) is 2.17. The zero-order valence-electron chi connectivity index (χ0n) is 14.3. The molecule has 140 valence electrons. The van der Waals surface area contributed by atoms with Crippen molar-refractivity contribution in [3.8, 4) is 10.6 Å². The van der Waals surface area contributed by atoms with Gasteiger partial charge in [-0.2, -0.15) is 0 Å². The van der Waals surface area contributed by atoms with Gasteiger partial charge in [0.05, 0.1) is 4.88 Å². The minimum absolute atomic E-state index is 0.0617.